The molecule has 2 aliphatic rings. The molecular formula is C29H38FNO3. The lowest BCUT2D eigenvalue weighted by Crippen LogP contribution is -2.30. The molecule has 2 atom stereocenters. The molecule has 0 aliphatic heterocycles. The van der Waals surface area contributed by atoms with Gasteiger partial charge in [-0.2, -0.15) is 0 Å². The van der Waals surface area contributed by atoms with E-state index in [0.717, 1.165) is 55.6 Å². The van der Waals surface area contributed by atoms with Gasteiger partial charge in [0, 0.05) is 24.2 Å². The SMILES string of the molecule is CC(C)(C)[C@H]1CC[C@H](Oc2ccc(-c3cccc(CNC4CCC(C(=O)O)C4)c3)c(F)c2)CC1. The molecule has 0 heterocycles. The zero-order valence-electron chi connectivity index (χ0n) is 20.6. The summed E-state index contributed by atoms with van der Waals surface area (Å²) in [4.78, 5) is 11.2. The third-order valence-corrected chi connectivity index (χ3v) is 7.76. The van der Waals surface area contributed by atoms with Gasteiger partial charge in [-0.05, 0) is 85.6 Å². The molecule has 0 bridgehead atoms. The minimum atomic E-state index is -0.702. The van der Waals surface area contributed by atoms with Gasteiger partial charge in [-0.1, -0.05) is 39.0 Å². The van der Waals surface area contributed by atoms with Gasteiger partial charge in [-0.25, -0.2) is 4.39 Å². The van der Waals surface area contributed by atoms with Gasteiger partial charge in [-0.15, -0.1) is 0 Å². The third kappa shape index (κ3) is 6.18. The van der Waals surface area contributed by atoms with Crippen LogP contribution in [-0.4, -0.2) is 23.2 Å². The van der Waals surface area contributed by atoms with Crippen molar-refractivity contribution in [2.75, 3.05) is 0 Å². The second-order valence-electron chi connectivity index (χ2n) is 11.2. The van der Waals surface area contributed by atoms with Crippen molar-refractivity contribution in [3.8, 4) is 16.9 Å². The molecule has 0 radical (unpaired) electrons. The Hall–Kier alpha value is -2.40. The van der Waals surface area contributed by atoms with Gasteiger partial charge < -0.3 is 15.2 Å². The number of carboxylic acid groups (broad SMARTS) is 1. The molecule has 2 unspecified atom stereocenters. The maximum absolute atomic E-state index is 15.0. The Labute approximate surface area is 202 Å². The number of carboxylic acids is 1. The predicted octanol–water partition coefficient (Wildman–Crippen LogP) is 6.82. The molecule has 0 amide bonds. The lowest BCUT2D eigenvalue weighted by atomic mass is 9.72. The van der Waals surface area contributed by atoms with Crippen molar-refractivity contribution in [3.05, 3.63) is 53.8 Å². The molecule has 184 valence electrons. The number of hydrogen-bond acceptors (Lipinski definition) is 3. The van der Waals surface area contributed by atoms with Gasteiger partial charge >= 0.3 is 5.97 Å². The summed E-state index contributed by atoms with van der Waals surface area (Å²) in [6.07, 6.45) is 6.80. The van der Waals surface area contributed by atoms with Crippen molar-refractivity contribution in [3.63, 3.8) is 0 Å². The van der Waals surface area contributed by atoms with Crippen LogP contribution < -0.4 is 10.1 Å². The van der Waals surface area contributed by atoms with Crippen LogP contribution in [0.5, 0.6) is 5.75 Å². The summed E-state index contributed by atoms with van der Waals surface area (Å²) in [5.41, 5.74) is 2.80. The summed E-state index contributed by atoms with van der Waals surface area (Å²) in [6.45, 7) is 7.56. The Morgan fingerprint density at radius 3 is 2.47 bits per heavy atom. The van der Waals surface area contributed by atoms with Gasteiger partial charge in [0.25, 0.3) is 0 Å². The highest BCUT2D eigenvalue weighted by Crippen LogP contribution is 2.39. The third-order valence-electron chi connectivity index (χ3n) is 7.76. The molecule has 2 aromatic carbocycles. The Morgan fingerprint density at radius 2 is 1.82 bits per heavy atom. The normalized spacial score (nSPS) is 25.3. The number of aliphatic carboxylic acids is 1. The molecule has 2 fully saturated rings. The average molecular weight is 468 g/mol. The van der Waals surface area contributed by atoms with Crippen molar-refractivity contribution < 1.29 is 19.0 Å². The van der Waals surface area contributed by atoms with E-state index < -0.39 is 5.97 Å². The predicted molar refractivity (Wildman–Crippen MR) is 133 cm³/mol. The van der Waals surface area contributed by atoms with Crippen LogP contribution in [0, 0.1) is 23.1 Å². The maximum atomic E-state index is 15.0. The van der Waals surface area contributed by atoms with Gasteiger partial charge in [0.05, 0.1) is 12.0 Å². The van der Waals surface area contributed by atoms with Gasteiger partial charge in [0.15, 0.2) is 0 Å². The van der Waals surface area contributed by atoms with Crippen molar-refractivity contribution >= 4 is 5.97 Å². The molecule has 0 saturated heterocycles. The van der Waals surface area contributed by atoms with Crippen molar-refractivity contribution in [2.45, 2.75) is 84.4 Å². The van der Waals surface area contributed by atoms with E-state index in [9.17, 15) is 9.90 Å². The van der Waals surface area contributed by atoms with E-state index in [1.54, 1.807) is 0 Å². The fraction of sp³-hybridized carbons (Fsp3) is 0.552. The van der Waals surface area contributed by atoms with Crippen LogP contribution in [0.15, 0.2) is 42.5 Å². The Kier molecular flexibility index (Phi) is 7.61. The largest absolute Gasteiger partial charge is 0.490 e. The highest BCUT2D eigenvalue weighted by atomic mass is 19.1. The van der Waals surface area contributed by atoms with Crippen LogP contribution >= 0.6 is 0 Å². The highest BCUT2D eigenvalue weighted by Gasteiger charge is 2.31. The van der Waals surface area contributed by atoms with Gasteiger partial charge in [0.1, 0.15) is 11.6 Å². The number of ether oxygens (including phenoxy) is 1. The zero-order valence-corrected chi connectivity index (χ0v) is 20.6. The summed E-state index contributed by atoms with van der Waals surface area (Å²) in [7, 11) is 0. The minimum Gasteiger partial charge on any atom is -0.490 e. The average Bonchev–Trinajstić information content (AvgIpc) is 3.27. The first-order valence-electron chi connectivity index (χ1n) is 12.7. The van der Waals surface area contributed by atoms with Gasteiger partial charge in [0.2, 0.25) is 0 Å². The van der Waals surface area contributed by atoms with Crippen LogP contribution in [0.3, 0.4) is 0 Å². The molecule has 34 heavy (non-hydrogen) atoms. The van der Waals surface area contributed by atoms with E-state index in [1.807, 2.05) is 36.4 Å². The summed E-state index contributed by atoms with van der Waals surface area (Å²) < 4.78 is 21.2. The maximum Gasteiger partial charge on any atom is 0.306 e. The Balaban J connectivity index is 1.34. The first-order valence-corrected chi connectivity index (χ1v) is 12.7. The molecule has 5 heteroatoms. The molecule has 2 aromatic rings. The van der Waals surface area contributed by atoms with E-state index in [1.165, 1.54) is 6.07 Å². The summed E-state index contributed by atoms with van der Waals surface area (Å²) in [5, 5.41) is 12.6. The van der Waals surface area contributed by atoms with E-state index in [0.29, 0.717) is 29.7 Å². The zero-order chi connectivity index (χ0) is 24.3. The number of benzene rings is 2. The lowest BCUT2D eigenvalue weighted by Gasteiger charge is -2.36. The molecular weight excluding hydrogens is 429 g/mol. The molecule has 4 nitrogen and oxygen atoms in total. The quantitative estimate of drug-likeness (QED) is 0.469. The van der Waals surface area contributed by atoms with Crippen LogP contribution in [0.4, 0.5) is 4.39 Å². The second-order valence-corrected chi connectivity index (χ2v) is 11.2. The smallest absolute Gasteiger partial charge is 0.306 e. The lowest BCUT2D eigenvalue weighted by molar-refractivity contribution is -0.141. The van der Waals surface area contributed by atoms with E-state index in [-0.39, 0.29) is 23.9 Å². The Bertz CT molecular complexity index is 991. The fourth-order valence-electron chi connectivity index (χ4n) is 5.54. The summed E-state index contributed by atoms with van der Waals surface area (Å²) in [6, 6.07) is 13.3. The van der Waals surface area contributed by atoms with Crippen LogP contribution in [-0.2, 0) is 11.3 Å². The van der Waals surface area contributed by atoms with Crippen LogP contribution in [0.1, 0.15) is 71.3 Å². The first-order chi connectivity index (χ1) is 16.2. The molecule has 2 saturated carbocycles. The number of carbonyl (C=O) groups is 1. The highest BCUT2D eigenvalue weighted by molar-refractivity contribution is 5.70. The van der Waals surface area contributed by atoms with Crippen molar-refractivity contribution in [2.24, 2.45) is 17.3 Å². The number of halogens is 1. The van der Waals surface area contributed by atoms with Crippen LogP contribution in [0.25, 0.3) is 11.1 Å². The number of hydrogen-bond donors (Lipinski definition) is 2. The first kappa shape index (κ1) is 24.7. The van der Waals surface area contributed by atoms with E-state index in [4.69, 9.17) is 4.74 Å². The monoisotopic (exact) mass is 467 g/mol. The second kappa shape index (κ2) is 10.5. The number of nitrogens with one attached hydrogen (secondary N) is 1. The molecule has 2 aliphatic carbocycles. The summed E-state index contributed by atoms with van der Waals surface area (Å²) >= 11 is 0. The van der Waals surface area contributed by atoms with E-state index >= 15 is 4.39 Å². The molecule has 4 rings (SSSR count). The number of rotatable bonds is 7. The topological polar surface area (TPSA) is 58.6 Å². The standard InChI is InChI=1S/C29H38FNO3/c1-29(2,3)22-8-11-24(12-9-22)34-25-13-14-26(27(30)17-25)20-6-4-5-19(15-20)18-31-23-10-7-21(16-23)28(32)33/h4-6,13-15,17,21-24,31H,7-12,16,18H2,1-3H3,(H,32,33)/t21?,22-,23?,24-. The van der Waals surface area contributed by atoms with Crippen LogP contribution in [0.2, 0.25) is 0 Å². The molecule has 0 aromatic heterocycles. The Morgan fingerprint density at radius 1 is 1.06 bits per heavy atom. The van der Waals surface area contributed by atoms with Crippen molar-refractivity contribution in [1.29, 1.82) is 0 Å². The summed E-state index contributed by atoms with van der Waals surface area (Å²) in [5.74, 6) is 0.109. The fourth-order valence-corrected chi connectivity index (χ4v) is 5.54. The van der Waals surface area contributed by atoms with Gasteiger partial charge in [-0.3, -0.25) is 4.79 Å². The van der Waals surface area contributed by atoms with Crippen molar-refractivity contribution in [1.82, 2.24) is 5.32 Å². The minimum absolute atomic E-state index is 0.162. The molecule has 0 spiro atoms. The molecule has 2 N–H and O–H groups in total. The van der Waals surface area contributed by atoms with E-state index in [2.05, 4.69) is 26.1 Å².